The zero-order chi connectivity index (χ0) is 16.7. The van der Waals surface area contributed by atoms with Crippen molar-refractivity contribution in [1.29, 1.82) is 0 Å². The van der Waals surface area contributed by atoms with Gasteiger partial charge < -0.3 is 4.90 Å². The molecule has 0 aliphatic carbocycles. The van der Waals surface area contributed by atoms with Crippen LogP contribution in [0.3, 0.4) is 0 Å². The number of hydrogen-bond acceptors (Lipinski definition) is 5. The van der Waals surface area contributed by atoms with Crippen molar-refractivity contribution in [3.8, 4) is 0 Å². The zero-order valence-electron chi connectivity index (χ0n) is 13.5. The summed E-state index contributed by atoms with van der Waals surface area (Å²) in [6.45, 7) is 4.60. The minimum atomic E-state index is -0.140. The lowest BCUT2D eigenvalue weighted by molar-refractivity contribution is -0.116. The molecular weight excluding hydrogens is 322 g/mol. The highest BCUT2D eigenvalue weighted by molar-refractivity contribution is 8.00. The number of aryl methyl sites for hydroxylation is 2. The van der Waals surface area contributed by atoms with Gasteiger partial charge in [0.15, 0.2) is 10.8 Å². The topological polar surface area (TPSA) is 63.4 Å². The highest BCUT2D eigenvalue weighted by Gasteiger charge is 2.34. The number of thioether (sulfide) groups is 1. The minimum Gasteiger partial charge on any atom is -0.311 e. The molecule has 1 amide bonds. The van der Waals surface area contributed by atoms with E-state index in [9.17, 15) is 4.79 Å². The van der Waals surface area contributed by atoms with Crippen LogP contribution in [0, 0.1) is 13.8 Å². The number of rotatable bonds is 3. The number of para-hydroxylation sites is 1. The second-order valence-corrected chi connectivity index (χ2v) is 7.01. The largest absolute Gasteiger partial charge is 0.311 e. The van der Waals surface area contributed by atoms with Crippen molar-refractivity contribution in [2.45, 2.75) is 30.7 Å². The Kier molecular flexibility index (Phi) is 3.72. The monoisotopic (exact) mass is 339 g/mol. The van der Waals surface area contributed by atoms with E-state index in [2.05, 4.69) is 15.2 Å². The van der Waals surface area contributed by atoms with Gasteiger partial charge >= 0.3 is 0 Å². The van der Waals surface area contributed by atoms with Gasteiger partial charge in [0.25, 0.3) is 0 Å². The van der Waals surface area contributed by atoms with Gasteiger partial charge in [-0.1, -0.05) is 30.0 Å². The molecule has 0 N–H and O–H groups in total. The SMILES string of the molecule is Cc1cc2nnc(S[C@@H]3CCN(c4ccccc4)C3=O)n2c(C)n1. The van der Waals surface area contributed by atoms with Crippen LogP contribution in [-0.2, 0) is 4.79 Å². The first-order chi connectivity index (χ1) is 11.6. The van der Waals surface area contributed by atoms with E-state index in [4.69, 9.17) is 0 Å². The molecule has 24 heavy (non-hydrogen) atoms. The first-order valence-corrected chi connectivity index (χ1v) is 8.74. The number of carbonyl (C=O) groups is 1. The van der Waals surface area contributed by atoms with Gasteiger partial charge in [0.05, 0.1) is 5.25 Å². The zero-order valence-corrected chi connectivity index (χ0v) is 14.3. The standard InChI is InChI=1S/C17H17N5OS/c1-11-10-15-19-20-17(22(15)12(2)18-11)24-14-8-9-21(16(14)23)13-6-4-3-5-7-13/h3-7,10,14H,8-9H2,1-2H3/t14-/m1/s1. The Bertz CT molecular complexity index is 908. The molecule has 7 heteroatoms. The van der Waals surface area contributed by atoms with Crippen LogP contribution in [0.15, 0.2) is 41.6 Å². The number of carbonyl (C=O) groups excluding carboxylic acids is 1. The van der Waals surface area contributed by atoms with Gasteiger partial charge in [-0.05, 0) is 32.4 Å². The lowest BCUT2D eigenvalue weighted by Crippen LogP contribution is -2.28. The molecule has 1 aliphatic rings. The summed E-state index contributed by atoms with van der Waals surface area (Å²) in [4.78, 5) is 19.0. The summed E-state index contributed by atoms with van der Waals surface area (Å²) in [5.41, 5.74) is 2.63. The molecule has 0 spiro atoms. The fraction of sp³-hybridized carbons (Fsp3) is 0.294. The molecule has 122 valence electrons. The van der Waals surface area contributed by atoms with Crippen LogP contribution in [0.25, 0.3) is 5.65 Å². The van der Waals surface area contributed by atoms with Gasteiger partial charge in [-0.2, -0.15) is 0 Å². The van der Waals surface area contributed by atoms with Crippen LogP contribution >= 0.6 is 11.8 Å². The van der Waals surface area contributed by atoms with Crippen LogP contribution in [0.4, 0.5) is 5.69 Å². The lowest BCUT2D eigenvalue weighted by Gasteiger charge is -2.16. The average molecular weight is 339 g/mol. The Morgan fingerprint density at radius 2 is 1.96 bits per heavy atom. The molecule has 3 aromatic rings. The Morgan fingerprint density at radius 1 is 1.17 bits per heavy atom. The maximum atomic E-state index is 12.7. The van der Waals surface area contributed by atoms with Crippen molar-refractivity contribution < 1.29 is 4.79 Å². The second-order valence-electron chi connectivity index (χ2n) is 5.84. The van der Waals surface area contributed by atoms with Crippen molar-refractivity contribution in [3.63, 3.8) is 0 Å². The van der Waals surface area contributed by atoms with Gasteiger partial charge in [-0.25, -0.2) is 4.98 Å². The smallest absolute Gasteiger partial charge is 0.240 e. The Hall–Kier alpha value is -2.41. The number of aromatic nitrogens is 4. The molecule has 4 rings (SSSR count). The number of hydrogen-bond donors (Lipinski definition) is 0. The summed E-state index contributed by atoms with van der Waals surface area (Å²) >= 11 is 1.47. The van der Waals surface area contributed by atoms with Gasteiger partial charge in [0, 0.05) is 24.0 Å². The number of amides is 1. The molecule has 1 fully saturated rings. The van der Waals surface area contributed by atoms with Crippen LogP contribution in [-0.4, -0.2) is 37.3 Å². The van der Waals surface area contributed by atoms with Crippen LogP contribution in [0.1, 0.15) is 17.9 Å². The summed E-state index contributed by atoms with van der Waals surface area (Å²) in [5.74, 6) is 0.962. The molecule has 1 aromatic carbocycles. The van der Waals surface area contributed by atoms with Gasteiger partial charge in [-0.3, -0.25) is 9.20 Å². The molecule has 2 aromatic heterocycles. The minimum absolute atomic E-state index is 0.126. The van der Waals surface area contributed by atoms with E-state index in [1.807, 2.05) is 59.5 Å². The van der Waals surface area contributed by atoms with Crippen LogP contribution in [0.2, 0.25) is 0 Å². The molecule has 0 unspecified atom stereocenters. The third-order valence-corrected chi connectivity index (χ3v) is 5.33. The van der Waals surface area contributed by atoms with Gasteiger partial charge in [-0.15, -0.1) is 10.2 Å². The summed E-state index contributed by atoms with van der Waals surface area (Å²) in [5, 5.41) is 9.05. The fourth-order valence-electron chi connectivity index (χ4n) is 3.03. The third-order valence-electron chi connectivity index (χ3n) is 4.13. The number of anilines is 1. The second kappa shape index (κ2) is 5.90. The van der Waals surface area contributed by atoms with E-state index in [1.54, 1.807) is 0 Å². The fourth-order valence-corrected chi connectivity index (χ4v) is 4.16. The van der Waals surface area contributed by atoms with Crippen molar-refractivity contribution >= 4 is 29.0 Å². The number of benzene rings is 1. The molecule has 0 saturated carbocycles. The highest BCUT2D eigenvalue weighted by atomic mass is 32.2. The molecule has 1 saturated heterocycles. The summed E-state index contributed by atoms with van der Waals surface area (Å²) in [6, 6.07) is 11.7. The van der Waals surface area contributed by atoms with Gasteiger partial charge in [0.2, 0.25) is 5.91 Å². The summed E-state index contributed by atoms with van der Waals surface area (Å²) < 4.78 is 1.91. The van der Waals surface area contributed by atoms with Crippen LogP contribution in [0.5, 0.6) is 0 Å². The van der Waals surface area contributed by atoms with E-state index in [0.29, 0.717) is 0 Å². The molecule has 0 bridgehead atoms. The maximum absolute atomic E-state index is 12.7. The van der Waals surface area contributed by atoms with Gasteiger partial charge in [0.1, 0.15) is 5.82 Å². The van der Waals surface area contributed by atoms with Crippen molar-refractivity contribution in [2.24, 2.45) is 0 Å². The van der Waals surface area contributed by atoms with Crippen molar-refractivity contribution in [2.75, 3.05) is 11.4 Å². The van der Waals surface area contributed by atoms with E-state index in [0.717, 1.165) is 41.0 Å². The van der Waals surface area contributed by atoms with Crippen molar-refractivity contribution in [1.82, 2.24) is 19.6 Å². The molecule has 6 nitrogen and oxygen atoms in total. The predicted molar refractivity (Wildman–Crippen MR) is 93.3 cm³/mol. The van der Waals surface area contributed by atoms with E-state index in [-0.39, 0.29) is 11.2 Å². The van der Waals surface area contributed by atoms with Crippen molar-refractivity contribution in [3.05, 3.63) is 47.9 Å². The third kappa shape index (κ3) is 2.54. The van der Waals surface area contributed by atoms with E-state index >= 15 is 0 Å². The number of nitrogens with zero attached hydrogens (tertiary/aromatic N) is 5. The van der Waals surface area contributed by atoms with E-state index < -0.39 is 0 Å². The number of fused-ring (bicyclic) bond motifs is 1. The highest BCUT2D eigenvalue weighted by Crippen LogP contribution is 2.32. The molecule has 0 radical (unpaired) electrons. The Labute approximate surface area is 143 Å². The normalized spacial score (nSPS) is 17.8. The average Bonchev–Trinajstić information content (AvgIpc) is 3.13. The maximum Gasteiger partial charge on any atom is 0.240 e. The quantitative estimate of drug-likeness (QED) is 0.734. The Morgan fingerprint density at radius 3 is 2.75 bits per heavy atom. The predicted octanol–water partition coefficient (Wildman–Crippen LogP) is 2.64. The Balaban J connectivity index is 1.60. The summed E-state index contributed by atoms with van der Waals surface area (Å²) in [7, 11) is 0. The first-order valence-electron chi connectivity index (χ1n) is 7.86. The van der Waals surface area contributed by atoms with Crippen LogP contribution < -0.4 is 4.90 Å². The summed E-state index contributed by atoms with van der Waals surface area (Å²) in [6.07, 6.45) is 0.797. The molecule has 1 atom stereocenters. The van der Waals surface area contributed by atoms with E-state index in [1.165, 1.54) is 11.8 Å². The molecule has 3 heterocycles. The lowest BCUT2D eigenvalue weighted by atomic mass is 10.3. The molecule has 1 aliphatic heterocycles. The first kappa shape index (κ1) is 15.1. The molecular formula is C17H17N5OS.